The van der Waals surface area contributed by atoms with Crippen LogP contribution in [0.5, 0.6) is 0 Å². The van der Waals surface area contributed by atoms with Crippen molar-refractivity contribution in [3.05, 3.63) is 18.0 Å². The molecule has 0 saturated heterocycles. The van der Waals surface area contributed by atoms with Crippen LogP contribution in [0.2, 0.25) is 0 Å². The second-order valence-electron chi connectivity index (χ2n) is 3.41. The van der Waals surface area contributed by atoms with Crippen LogP contribution in [-0.4, -0.2) is 16.5 Å². The number of aryl methyl sites for hydroxylation is 1. The van der Waals surface area contributed by atoms with Gasteiger partial charge in [0.25, 0.3) is 0 Å². The number of rotatable bonds is 3. The first-order valence-corrected chi connectivity index (χ1v) is 4.37. The minimum absolute atomic E-state index is 0.757. The zero-order valence-electron chi connectivity index (χ0n) is 7.25. The molecule has 1 heterocycles. The van der Waals surface area contributed by atoms with Gasteiger partial charge in [-0.25, -0.2) is 9.97 Å². The number of nitrogens with one attached hydrogen (secondary N) is 1. The summed E-state index contributed by atoms with van der Waals surface area (Å²) in [5.41, 5.74) is 1.10. The van der Waals surface area contributed by atoms with Gasteiger partial charge < -0.3 is 5.32 Å². The van der Waals surface area contributed by atoms with E-state index in [2.05, 4.69) is 15.3 Å². The molecule has 0 amide bonds. The van der Waals surface area contributed by atoms with E-state index in [1.165, 1.54) is 12.8 Å². The van der Waals surface area contributed by atoms with Gasteiger partial charge in [0, 0.05) is 18.9 Å². The number of hydrogen-bond donors (Lipinski definition) is 1. The third-order valence-corrected chi connectivity index (χ3v) is 2.03. The molecule has 1 aliphatic carbocycles. The lowest BCUT2D eigenvalue weighted by molar-refractivity contribution is 0.872. The normalized spacial score (nSPS) is 16.1. The van der Waals surface area contributed by atoms with Gasteiger partial charge in [0.15, 0.2) is 0 Å². The lowest BCUT2D eigenvalue weighted by atomic mass is 10.4. The van der Waals surface area contributed by atoms with Crippen molar-refractivity contribution < 1.29 is 0 Å². The average Bonchev–Trinajstić information content (AvgIpc) is 2.87. The zero-order chi connectivity index (χ0) is 8.39. The summed E-state index contributed by atoms with van der Waals surface area (Å²) in [5.74, 6) is 1.63. The summed E-state index contributed by atoms with van der Waals surface area (Å²) >= 11 is 0. The minimum Gasteiger partial charge on any atom is -0.354 e. The molecule has 1 N–H and O–H groups in total. The van der Waals surface area contributed by atoms with Gasteiger partial charge in [0.1, 0.15) is 0 Å². The van der Waals surface area contributed by atoms with Crippen molar-refractivity contribution in [2.24, 2.45) is 5.92 Å². The first kappa shape index (κ1) is 7.53. The van der Waals surface area contributed by atoms with Crippen LogP contribution < -0.4 is 5.32 Å². The second-order valence-corrected chi connectivity index (χ2v) is 3.41. The van der Waals surface area contributed by atoms with Crippen molar-refractivity contribution in [1.29, 1.82) is 0 Å². The Kier molecular flexibility index (Phi) is 1.94. The summed E-state index contributed by atoms with van der Waals surface area (Å²) in [4.78, 5) is 8.31. The highest BCUT2D eigenvalue weighted by atomic mass is 15.1. The summed E-state index contributed by atoms with van der Waals surface area (Å²) in [6, 6.07) is 0. The third kappa shape index (κ3) is 1.94. The van der Waals surface area contributed by atoms with E-state index in [0.717, 1.165) is 24.0 Å². The SMILES string of the molecule is Cc1cnc(NCC2CC2)nc1. The predicted octanol–water partition coefficient (Wildman–Crippen LogP) is 1.61. The summed E-state index contributed by atoms with van der Waals surface area (Å²) in [6.45, 7) is 3.02. The fourth-order valence-electron chi connectivity index (χ4n) is 1.04. The van der Waals surface area contributed by atoms with Gasteiger partial charge in [-0.1, -0.05) is 0 Å². The summed E-state index contributed by atoms with van der Waals surface area (Å²) in [5, 5.41) is 3.21. The predicted molar refractivity (Wildman–Crippen MR) is 48.0 cm³/mol. The molecule has 0 unspecified atom stereocenters. The Balaban J connectivity index is 1.89. The second kappa shape index (κ2) is 3.09. The number of aromatic nitrogens is 2. The van der Waals surface area contributed by atoms with Crippen LogP contribution >= 0.6 is 0 Å². The highest BCUT2D eigenvalue weighted by molar-refractivity contribution is 5.24. The number of nitrogens with zero attached hydrogens (tertiary/aromatic N) is 2. The maximum Gasteiger partial charge on any atom is 0.222 e. The quantitative estimate of drug-likeness (QED) is 0.735. The van der Waals surface area contributed by atoms with Crippen LogP contribution in [-0.2, 0) is 0 Å². The van der Waals surface area contributed by atoms with Gasteiger partial charge in [0.2, 0.25) is 5.95 Å². The number of anilines is 1. The minimum atomic E-state index is 0.757. The van der Waals surface area contributed by atoms with Crippen LogP contribution in [0.1, 0.15) is 18.4 Å². The Labute approximate surface area is 72.2 Å². The fraction of sp³-hybridized carbons (Fsp3) is 0.556. The van der Waals surface area contributed by atoms with E-state index >= 15 is 0 Å². The van der Waals surface area contributed by atoms with E-state index in [1.807, 2.05) is 19.3 Å². The maximum absolute atomic E-state index is 4.16. The van der Waals surface area contributed by atoms with E-state index in [-0.39, 0.29) is 0 Å². The van der Waals surface area contributed by atoms with Crippen molar-refractivity contribution in [3.8, 4) is 0 Å². The molecule has 1 fully saturated rings. The van der Waals surface area contributed by atoms with Gasteiger partial charge in [-0.05, 0) is 31.2 Å². The molecule has 1 aromatic rings. The lowest BCUT2D eigenvalue weighted by Gasteiger charge is -2.01. The Morgan fingerprint density at radius 3 is 2.67 bits per heavy atom. The van der Waals surface area contributed by atoms with Crippen molar-refractivity contribution in [3.63, 3.8) is 0 Å². The molecule has 0 spiro atoms. The van der Waals surface area contributed by atoms with Gasteiger partial charge >= 0.3 is 0 Å². The van der Waals surface area contributed by atoms with E-state index in [4.69, 9.17) is 0 Å². The van der Waals surface area contributed by atoms with Crippen LogP contribution in [0.4, 0.5) is 5.95 Å². The Morgan fingerprint density at radius 2 is 2.08 bits per heavy atom. The Morgan fingerprint density at radius 1 is 1.42 bits per heavy atom. The Bertz CT molecular complexity index is 251. The average molecular weight is 163 g/mol. The first-order chi connectivity index (χ1) is 5.84. The van der Waals surface area contributed by atoms with E-state index in [9.17, 15) is 0 Å². The molecular formula is C9H13N3. The van der Waals surface area contributed by atoms with E-state index in [1.54, 1.807) is 0 Å². The van der Waals surface area contributed by atoms with Crippen LogP contribution in [0.25, 0.3) is 0 Å². The highest BCUT2D eigenvalue weighted by Gasteiger charge is 2.20. The number of hydrogen-bond acceptors (Lipinski definition) is 3. The van der Waals surface area contributed by atoms with Crippen molar-refractivity contribution in [2.75, 3.05) is 11.9 Å². The molecule has 0 bridgehead atoms. The molecule has 0 aromatic carbocycles. The van der Waals surface area contributed by atoms with Crippen molar-refractivity contribution in [1.82, 2.24) is 9.97 Å². The van der Waals surface area contributed by atoms with Crippen molar-refractivity contribution in [2.45, 2.75) is 19.8 Å². The summed E-state index contributed by atoms with van der Waals surface area (Å²) in [6.07, 6.45) is 6.39. The first-order valence-electron chi connectivity index (χ1n) is 4.37. The summed E-state index contributed by atoms with van der Waals surface area (Å²) in [7, 11) is 0. The standard InChI is InChI=1S/C9H13N3/c1-7-4-10-9(11-5-7)12-6-8-2-3-8/h4-5,8H,2-3,6H2,1H3,(H,10,11,12). The molecule has 64 valence electrons. The molecule has 0 radical (unpaired) electrons. The lowest BCUT2D eigenvalue weighted by Crippen LogP contribution is -2.06. The molecule has 3 nitrogen and oxygen atoms in total. The topological polar surface area (TPSA) is 37.8 Å². The highest BCUT2D eigenvalue weighted by Crippen LogP contribution is 2.28. The molecule has 1 aliphatic rings. The maximum atomic E-state index is 4.16. The summed E-state index contributed by atoms with van der Waals surface area (Å²) < 4.78 is 0. The van der Waals surface area contributed by atoms with Gasteiger partial charge in [-0.2, -0.15) is 0 Å². The molecule has 12 heavy (non-hydrogen) atoms. The molecular weight excluding hydrogens is 150 g/mol. The molecule has 1 saturated carbocycles. The van der Waals surface area contributed by atoms with E-state index in [0.29, 0.717) is 0 Å². The third-order valence-electron chi connectivity index (χ3n) is 2.03. The van der Waals surface area contributed by atoms with Gasteiger partial charge in [0.05, 0.1) is 0 Å². The zero-order valence-corrected chi connectivity index (χ0v) is 7.25. The molecule has 3 heteroatoms. The molecule has 2 rings (SSSR count). The van der Waals surface area contributed by atoms with Gasteiger partial charge in [-0.3, -0.25) is 0 Å². The molecule has 0 atom stereocenters. The largest absolute Gasteiger partial charge is 0.354 e. The van der Waals surface area contributed by atoms with Crippen LogP contribution in [0, 0.1) is 12.8 Å². The van der Waals surface area contributed by atoms with Crippen LogP contribution in [0.3, 0.4) is 0 Å². The fourth-order valence-corrected chi connectivity index (χ4v) is 1.04. The smallest absolute Gasteiger partial charge is 0.222 e. The monoisotopic (exact) mass is 163 g/mol. The Hall–Kier alpha value is -1.12. The van der Waals surface area contributed by atoms with Crippen LogP contribution in [0.15, 0.2) is 12.4 Å². The van der Waals surface area contributed by atoms with Crippen molar-refractivity contribution >= 4 is 5.95 Å². The van der Waals surface area contributed by atoms with Gasteiger partial charge in [-0.15, -0.1) is 0 Å². The molecule has 1 aromatic heterocycles. The van der Waals surface area contributed by atoms with E-state index < -0.39 is 0 Å². The molecule has 0 aliphatic heterocycles.